The fraction of sp³-hybridized carbons (Fsp3) is 0.684. The fourth-order valence-electron chi connectivity index (χ4n) is 4.23. The maximum Gasteiger partial charge on any atom is 0.293 e. The molecule has 0 radical (unpaired) electrons. The quantitative estimate of drug-likeness (QED) is 0.586. The lowest BCUT2D eigenvalue weighted by Crippen LogP contribution is -2.41. The van der Waals surface area contributed by atoms with Crippen LogP contribution in [-0.2, 0) is 9.84 Å². The van der Waals surface area contributed by atoms with Gasteiger partial charge in [-0.05, 0) is 43.7 Å². The van der Waals surface area contributed by atoms with Gasteiger partial charge in [-0.3, -0.25) is 10.1 Å². The minimum atomic E-state index is -3.47. The highest BCUT2D eigenvalue weighted by Crippen LogP contribution is 2.30. The summed E-state index contributed by atoms with van der Waals surface area (Å²) >= 11 is 0. The van der Waals surface area contributed by atoms with Crippen molar-refractivity contribution < 1.29 is 13.3 Å². The molecule has 0 atom stereocenters. The molecule has 150 valence electrons. The normalized spacial score (nSPS) is 20.5. The van der Waals surface area contributed by atoms with Gasteiger partial charge in [0.1, 0.15) is 5.69 Å². The van der Waals surface area contributed by atoms with E-state index in [1.54, 1.807) is 0 Å². The number of nitrogens with one attached hydrogen (secondary N) is 1. The number of piperidine rings is 1. The van der Waals surface area contributed by atoms with Gasteiger partial charge in [-0.25, -0.2) is 8.42 Å². The Morgan fingerprint density at radius 3 is 2.41 bits per heavy atom. The summed E-state index contributed by atoms with van der Waals surface area (Å²) < 4.78 is 23.3. The Bertz CT molecular complexity index is 767. The highest BCUT2D eigenvalue weighted by Gasteiger charge is 2.25. The zero-order chi connectivity index (χ0) is 19.4. The SMILES string of the molecule is CS(=O)(=O)c1ccc(NC2CCN(CC3CCCCC3)CC2)c([N+](=O)[O-])c1. The number of anilines is 1. The molecule has 2 fully saturated rings. The van der Waals surface area contributed by atoms with Crippen LogP contribution in [0.25, 0.3) is 0 Å². The summed E-state index contributed by atoms with van der Waals surface area (Å²) in [5.74, 6) is 0.827. The van der Waals surface area contributed by atoms with Crippen LogP contribution in [0.2, 0.25) is 0 Å². The van der Waals surface area contributed by atoms with Crippen molar-refractivity contribution in [3.8, 4) is 0 Å². The van der Waals surface area contributed by atoms with Crippen LogP contribution in [0, 0.1) is 16.0 Å². The number of nitro groups is 1. The van der Waals surface area contributed by atoms with Crippen LogP contribution in [0.15, 0.2) is 23.1 Å². The molecule has 1 aromatic carbocycles. The molecule has 0 spiro atoms. The fourth-order valence-corrected chi connectivity index (χ4v) is 4.87. The molecule has 1 aliphatic heterocycles. The molecule has 0 amide bonds. The Hall–Kier alpha value is -1.67. The second kappa shape index (κ2) is 8.56. The van der Waals surface area contributed by atoms with Gasteiger partial charge < -0.3 is 10.2 Å². The van der Waals surface area contributed by atoms with Crippen molar-refractivity contribution in [3.63, 3.8) is 0 Å². The van der Waals surface area contributed by atoms with E-state index >= 15 is 0 Å². The minimum absolute atomic E-state index is 0.0259. The Balaban J connectivity index is 1.59. The number of rotatable bonds is 6. The lowest BCUT2D eigenvalue weighted by molar-refractivity contribution is -0.384. The Labute approximate surface area is 161 Å². The van der Waals surface area contributed by atoms with Crippen molar-refractivity contribution in [1.29, 1.82) is 0 Å². The molecule has 2 aliphatic rings. The number of benzene rings is 1. The first-order chi connectivity index (χ1) is 12.8. The third-order valence-corrected chi connectivity index (χ3v) is 6.89. The van der Waals surface area contributed by atoms with Gasteiger partial charge in [0.25, 0.3) is 5.69 Å². The summed E-state index contributed by atoms with van der Waals surface area (Å²) in [6, 6.07) is 4.28. The number of sulfone groups is 1. The van der Waals surface area contributed by atoms with Crippen LogP contribution in [-0.4, -0.2) is 50.2 Å². The summed E-state index contributed by atoms with van der Waals surface area (Å²) in [4.78, 5) is 13.4. The van der Waals surface area contributed by atoms with Crippen LogP contribution in [0.3, 0.4) is 0 Å². The van der Waals surface area contributed by atoms with E-state index in [2.05, 4.69) is 10.2 Å². The first kappa shape index (κ1) is 20.1. The van der Waals surface area contributed by atoms with Crippen molar-refractivity contribution in [3.05, 3.63) is 28.3 Å². The molecule has 27 heavy (non-hydrogen) atoms. The lowest BCUT2D eigenvalue weighted by atomic mass is 9.88. The van der Waals surface area contributed by atoms with Crippen LogP contribution in [0.5, 0.6) is 0 Å². The zero-order valence-electron chi connectivity index (χ0n) is 15.9. The number of likely N-dealkylation sites (tertiary alicyclic amines) is 1. The van der Waals surface area contributed by atoms with Crippen LogP contribution in [0.1, 0.15) is 44.9 Å². The molecular formula is C19H29N3O4S. The summed E-state index contributed by atoms with van der Waals surface area (Å²) in [6.07, 6.45) is 9.72. The number of hydrogen-bond donors (Lipinski definition) is 1. The Kier molecular flexibility index (Phi) is 6.37. The van der Waals surface area contributed by atoms with E-state index in [1.807, 2.05) is 0 Å². The first-order valence-electron chi connectivity index (χ1n) is 9.80. The third kappa shape index (κ3) is 5.42. The monoisotopic (exact) mass is 395 g/mol. The van der Waals surface area contributed by atoms with E-state index in [0.717, 1.165) is 44.2 Å². The Morgan fingerprint density at radius 2 is 1.81 bits per heavy atom. The number of nitro benzene ring substituents is 1. The molecule has 0 aromatic heterocycles. The molecular weight excluding hydrogens is 366 g/mol. The van der Waals surface area contributed by atoms with E-state index in [-0.39, 0.29) is 16.6 Å². The zero-order valence-corrected chi connectivity index (χ0v) is 16.7. The van der Waals surface area contributed by atoms with E-state index < -0.39 is 14.8 Å². The largest absolute Gasteiger partial charge is 0.377 e. The van der Waals surface area contributed by atoms with Gasteiger partial charge >= 0.3 is 0 Å². The van der Waals surface area contributed by atoms with Crippen molar-refractivity contribution in [2.24, 2.45) is 5.92 Å². The number of hydrogen-bond acceptors (Lipinski definition) is 6. The first-order valence-corrected chi connectivity index (χ1v) is 11.7. The van der Waals surface area contributed by atoms with Gasteiger partial charge in [-0.2, -0.15) is 0 Å². The predicted octanol–water partition coefficient (Wildman–Crippen LogP) is 3.45. The standard InChI is InChI=1S/C19H29N3O4S/c1-27(25,26)17-7-8-18(19(13-17)22(23)24)20-16-9-11-21(12-10-16)14-15-5-3-2-4-6-15/h7-8,13,15-16,20H,2-6,9-12,14H2,1H3. The van der Waals surface area contributed by atoms with E-state index in [1.165, 1.54) is 50.8 Å². The van der Waals surface area contributed by atoms with Gasteiger partial charge in [-0.15, -0.1) is 0 Å². The molecule has 1 aromatic rings. The lowest BCUT2D eigenvalue weighted by Gasteiger charge is -2.35. The summed E-state index contributed by atoms with van der Waals surface area (Å²) in [5.41, 5.74) is 0.223. The van der Waals surface area contributed by atoms with E-state index in [4.69, 9.17) is 0 Å². The molecule has 0 unspecified atom stereocenters. The van der Waals surface area contributed by atoms with Crippen molar-refractivity contribution in [2.45, 2.75) is 55.9 Å². The second-order valence-electron chi connectivity index (χ2n) is 7.93. The maximum atomic E-state index is 11.7. The van der Waals surface area contributed by atoms with E-state index in [9.17, 15) is 18.5 Å². The summed E-state index contributed by atoms with van der Waals surface area (Å²) in [5, 5.41) is 14.6. The molecule has 8 heteroatoms. The van der Waals surface area contributed by atoms with Gasteiger partial charge in [-0.1, -0.05) is 19.3 Å². The predicted molar refractivity (Wildman–Crippen MR) is 106 cm³/mol. The van der Waals surface area contributed by atoms with Crippen LogP contribution >= 0.6 is 0 Å². The molecule has 1 heterocycles. The molecule has 1 saturated heterocycles. The third-order valence-electron chi connectivity index (χ3n) is 5.78. The van der Waals surface area contributed by atoms with Crippen molar-refractivity contribution >= 4 is 21.2 Å². The molecule has 1 aliphatic carbocycles. The topological polar surface area (TPSA) is 92.6 Å². The molecule has 3 rings (SSSR count). The maximum absolute atomic E-state index is 11.7. The van der Waals surface area contributed by atoms with Gasteiger partial charge in [0.05, 0.1) is 9.82 Å². The smallest absolute Gasteiger partial charge is 0.293 e. The van der Waals surface area contributed by atoms with E-state index in [0.29, 0.717) is 5.69 Å². The number of nitrogens with zero attached hydrogens (tertiary/aromatic N) is 2. The highest BCUT2D eigenvalue weighted by molar-refractivity contribution is 7.90. The van der Waals surface area contributed by atoms with Gasteiger partial charge in [0.15, 0.2) is 9.84 Å². The summed E-state index contributed by atoms with van der Waals surface area (Å²) in [6.45, 7) is 3.18. The Morgan fingerprint density at radius 1 is 1.15 bits per heavy atom. The average molecular weight is 396 g/mol. The van der Waals surface area contributed by atoms with Crippen molar-refractivity contribution in [1.82, 2.24) is 4.90 Å². The van der Waals surface area contributed by atoms with Crippen LogP contribution < -0.4 is 5.32 Å². The van der Waals surface area contributed by atoms with Crippen LogP contribution in [0.4, 0.5) is 11.4 Å². The average Bonchev–Trinajstić information content (AvgIpc) is 2.63. The highest BCUT2D eigenvalue weighted by atomic mass is 32.2. The second-order valence-corrected chi connectivity index (χ2v) is 9.95. The molecule has 1 N–H and O–H groups in total. The summed E-state index contributed by atoms with van der Waals surface area (Å²) in [7, 11) is -3.47. The minimum Gasteiger partial charge on any atom is -0.377 e. The van der Waals surface area contributed by atoms with Crippen molar-refractivity contribution in [2.75, 3.05) is 31.2 Å². The molecule has 7 nitrogen and oxygen atoms in total. The van der Waals surface area contributed by atoms with Gasteiger partial charge in [0.2, 0.25) is 0 Å². The molecule has 0 bridgehead atoms. The molecule has 1 saturated carbocycles. The van der Waals surface area contributed by atoms with Gasteiger partial charge in [0, 0.05) is 38.0 Å².